The third-order valence-electron chi connectivity index (χ3n) is 3.43. The summed E-state index contributed by atoms with van der Waals surface area (Å²) in [5, 5.41) is 14.0. The van der Waals surface area contributed by atoms with E-state index in [1.807, 2.05) is 12.1 Å². The first-order valence-electron chi connectivity index (χ1n) is 7.00. The first-order valence-corrected chi connectivity index (χ1v) is 8.20. The molecule has 24 heavy (non-hydrogen) atoms. The minimum atomic E-state index is -0.620. The number of halogens is 3. The molecule has 4 aromatic rings. The van der Waals surface area contributed by atoms with Gasteiger partial charge in [0.05, 0.1) is 0 Å². The second-order valence-corrected chi connectivity index (χ2v) is 6.57. The topological polar surface area (TPSA) is 43.1 Å². The van der Waals surface area contributed by atoms with Crippen LogP contribution in [0.5, 0.6) is 0 Å². The summed E-state index contributed by atoms with van der Waals surface area (Å²) in [5.41, 5.74) is 1.39. The van der Waals surface area contributed by atoms with Crippen LogP contribution in [0, 0.1) is 11.6 Å². The van der Waals surface area contributed by atoms with E-state index in [9.17, 15) is 8.78 Å². The standard InChI is InChI=1S/C16H9ClF2N4S/c17-11-3-1-10(2-4-11)15-22-23-14(20-21-16(23)24-15)7-9-5-12(18)8-13(19)6-9/h1-6,8H,7H2. The third kappa shape index (κ3) is 2.88. The molecule has 0 spiro atoms. The van der Waals surface area contributed by atoms with Crippen LogP contribution in [-0.4, -0.2) is 19.8 Å². The maximum Gasteiger partial charge on any atom is 0.234 e. The Morgan fingerprint density at radius 3 is 2.42 bits per heavy atom. The lowest BCUT2D eigenvalue weighted by atomic mass is 10.1. The van der Waals surface area contributed by atoms with Crippen molar-refractivity contribution in [2.24, 2.45) is 0 Å². The van der Waals surface area contributed by atoms with Crippen molar-refractivity contribution >= 4 is 27.9 Å². The van der Waals surface area contributed by atoms with Gasteiger partial charge in [0.1, 0.15) is 16.6 Å². The van der Waals surface area contributed by atoms with Gasteiger partial charge in [-0.25, -0.2) is 8.78 Å². The quantitative estimate of drug-likeness (QED) is 0.543. The molecule has 0 N–H and O–H groups in total. The molecule has 0 fully saturated rings. The lowest BCUT2D eigenvalue weighted by molar-refractivity contribution is 0.580. The number of nitrogens with zero attached hydrogens (tertiary/aromatic N) is 4. The van der Waals surface area contributed by atoms with E-state index in [1.165, 1.54) is 23.5 Å². The van der Waals surface area contributed by atoms with Gasteiger partial charge >= 0.3 is 0 Å². The summed E-state index contributed by atoms with van der Waals surface area (Å²) in [6.45, 7) is 0. The Morgan fingerprint density at radius 1 is 1.00 bits per heavy atom. The van der Waals surface area contributed by atoms with E-state index in [-0.39, 0.29) is 6.42 Å². The van der Waals surface area contributed by atoms with E-state index in [0.29, 0.717) is 21.4 Å². The predicted octanol–water partition coefficient (Wildman–Crippen LogP) is 4.38. The molecule has 2 aromatic heterocycles. The van der Waals surface area contributed by atoms with E-state index in [1.54, 1.807) is 16.6 Å². The van der Waals surface area contributed by atoms with Crippen LogP contribution in [0.2, 0.25) is 5.02 Å². The fourth-order valence-corrected chi connectivity index (χ4v) is 3.36. The molecule has 0 bridgehead atoms. The number of hydrogen-bond donors (Lipinski definition) is 0. The molecule has 8 heteroatoms. The van der Waals surface area contributed by atoms with Gasteiger partial charge in [-0.15, -0.1) is 10.2 Å². The van der Waals surface area contributed by atoms with Crippen LogP contribution in [0.3, 0.4) is 0 Å². The average Bonchev–Trinajstić information content (AvgIpc) is 3.09. The maximum atomic E-state index is 13.3. The average molecular weight is 363 g/mol. The summed E-state index contributed by atoms with van der Waals surface area (Å²) in [5.74, 6) is -0.719. The van der Waals surface area contributed by atoms with E-state index in [2.05, 4.69) is 15.3 Å². The molecule has 120 valence electrons. The molecule has 0 aliphatic heterocycles. The van der Waals surface area contributed by atoms with Crippen molar-refractivity contribution in [3.05, 3.63) is 70.5 Å². The van der Waals surface area contributed by atoms with Crippen LogP contribution in [0.25, 0.3) is 15.5 Å². The first-order chi connectivity index (χ1) is 11.6. The fraction of sp³-hybridized carbons (Fsp3) is 0.0625. The molecular formula is C16H9ClF2N4S. The van der Waals surface area contributed by atoms with Crippen LogP contribution in [-0.2, 0) is 6.42 Å². The van der Waals surface area contributed by atoms with Gasteiger partial charge in [-0.2, -0.15) is 9.61 Å². The summed E-state index contributed by atoms with van der Waals surface area (Å²) in [6.07, 6.45) is 0.236. The van der Waals surface area contributed by atoms with Gasteiger partial charge in [-0.1, -0.05) is 35.1 Å². The third-order valence-corrected chi connectivity index (χ3v) is 4.63. The molecular weight excluding hydrogens is 354 g/mol. The highest BCUT2D eigenvalue weighted by Crippen LogP contribution is 2.27. The summed E-state index contributed by atoms with van der Waals surface area (Å²) < 4.78 is 28.2. The van der Waals surface area contributed by atoms with Gasteiger partial charge in [-0.05, 0) is 29.8 Å². The molecule has 2 aromatic carbocycles. The molecule has 0 saturated carbocycles. The van der Waals surface area contributed by atoms with Crippen molar-refractivity contribution in [2.75, 3.05) is 0 Å². The van der Waals surface area contributed by atoms with Crippen molar-refractivity contribution in [1.29, 1.82) is 0 Å². The van der Waals surface area contributed by atoms with Gasteiger partial charge in [0.2, 0.25) is 4.96 Å². The van der Waals surface area contributed by atoms with Gasteiger partial charge in [0, 0.05) is 23.1 Å². The van der Waals surface area contributed by atoms with Crippen molar-refractivity contribution < 1.29 is 8.78 Å². The lowest BCUT2D eigenvalue weighted by Gasteiger charge is -2.00. The van der Waals surface area contributed by atoms with Gasteiger partial charge in [0.15, 0.2) is 5.82 Å². The van der Waals surface area contributed by atoms with Crippen LogP contribution in [0.4, 0.5) is 8.78 Å². The molecule has 4 nitrogen and oxygen atoms in total. The zero-order valence-electron chi connectivity index (χ0n) is 12.1. The predicted molar refractivity (Wildman–Crippen MR) is 88.3 cm³/mol. The Bertz CT molecular complexity index is 1010. The van der Waals surface area contributed by atoms with Crippen LogP contribution < -0.4 is 0 Å². The van der Waals surface area contributed by atoms with E-state index >= 15 is 0 Å². The summed E-state index contributed by atoms with van der Waals surface area (Å²) >= 11 is 7.27. The summed E-state index contributed by atoms with van der Waals surface area (Å²) in [6, 6.07) is 10.7. The summed E-state index contributed by atoms with van der Waals surface area (Å²) in [7, 11) is 0. The van der Waals surface area contributed by atoms with Crippen LogP contribution >= 0.6 is 22.9 Å². The Morgan fingerprint density at radius 2 is 1.71 bits per heavy atom. The largest absolute Gasteiger partial charge is 0.234 e. The van der Waals surface area contributed by atoms with Gasteiger partial charge in [0.25, 0.3) is 0 Å². The molecule has 0 atom stereocenters. The highest BCUT2D eigenvalue weighted by molar-refractivity contribution is 7.19. The first kappa shape index (κ1) is 15.2. The van der Waals surface area contributed by atoms with Crippen molar-refractivity contribution in [3.63, 3.8) is 0 Å². The number of benzene rings is 2. The molecule has 0 amide bonds. The molecule has 2 heterocycles. The van der Waals surface area contributed by atoms with Crippen molar-refractivity contribution in [3.8, 4) is 10.6 Å². The maximum absolute atomic E-state index is 13.3. The Labute approximate surface area is 144 Å². The van der Waals surface area contributed by atoms with Gasteiger partial charge in [-0.3, -0.25) is 0 Å². The monoisotopic (exact) mass is 362 g/mol. The normalized spacial score (nSPS) is 11.3. The minimum absolute atomic E-state index is 0.236. The summed E-state index contributed by atoms with van der Waals surface area (Å²) in [4.78, 5) is 0.617. The molecule has 0 radical (unpaired) electrons. The number of fused-ring (bicyclic) bond motifs is 1. The van der Waals surface area contributed by atoms with E-state index in [0.717, 1.165) is 16.6 Å². The number of rotatable bonds is 3. The van der Waals surface area contributed by atoms with E-state index < -0.39 is 11.6 Å². The van der Waals surface area contributed by atoms with Gasteiger partial charge < -0.3 is 0 Å². The second kappa shape index (κ2) is 5.92. The molecule has 0 aliphatic carbocycles. The Balaban J connectivity index is 1.70. The van der Waals surface area contributed by atoms with Crippen molar-refractivity contribution in [2.45, 2.75) is 6.42 Å². The molecule has 0 saturated heterocycles. The fourth-order valence-electron chi connectivity index (χ4n) is 2.37. The lowest BCUT2D eigenvalue weighted by Crippen LogP contribution is -1.99. The molecule has 0 unspecified atom stereocenters. The zero-order valence-corrected chi connectivity index (χ0v) is 13.7. The van der Waals surface area contributed by atoms with Crippen LogP contribution in [0.1, 0.15) is 11.4 Å². The van der Waals surface area contributed by atoms with Crippen molar-refractivity contribution in [1.82, 2.24) is 19.8 Å². The molecule has 4 rings (SSSR count). The SMILES string of the molecule is Fc1cc(F)cc(Cc2nnc3sc(-c4ccc(Cl)cc4)nn23)c1. The highest BCUT2D eigenvalue weighted by Gasteiger charge is 2.14. The molecule has 0 aliphatic rings. The minimum Gasteiger partial charge on any atom is -0.207 e. The second-order valence-electron chi connectivity index (χ2n) is 5.18. The van der Waals surface area contributed by atoms with Crippen LogP contribution in [0.15, 0.2) is 42.5 Å². The Kier molecular flexibility index (Phi) is 3.74. The Hall–Kier alpha value is -2.38. The number of hydrogen-bond acceptors (Lipinski definition) is 4. The van der Waals surface area contributed by atoms with E-state index in [4.69, 9.17) is 11.6 Å². The number of aromatic nitrogens is 4. The zero-order chi connectivity index (χ0) is 16.7. The smallest absolute Gasteiger partial charge is 0.207 e. The highest BCUT2D eigenvalue weighted by atomic mass is 35.5.